The topological polar surface area (TPSA) is 102 Å². The number of likely N-dealkylation sites (tertiary alicyclic amines) is 1. The summed E-state index contributed by atoms with van der Waals surface area (Å²) in [6.07, 6.45) is 4.44. The first-order valence-electron chi connectivity index (χ1n) is 11.4. The number of ether oxygens (including phenoxy) is 1. The number of aromatic nitrogens is 6. The van der Waals surface area contributed by atoms with Crippen LogP contribution in [0.15, 0.2) is 48.9 Å². The fourth-order valence-corrected chi connectivity index (χ4v) is 3.99. The van der Waals surface area contributed by atoms with E-state index in [1.807, 2.05) is 25.4 Å². The molecule has 4 aromatic rings. The number of fused-ring (bicyclic) bond motifs is 1. The average Bonchev–Trinajstić information content (AvgIpc) is 3.49. The first kappa shape index (κ1) is 23.6. The first-order valence-corrected chi connectivity index (χ1v) is 11.4. The van der Waals surface area contributed by atoms with Crippen molar-refractivity contribution in [1.82, 2.24) is 34.3 Å². The number of nitrogens with zero attached hydrogens (tertiary/aromatic N) is 7. The van der Waals surface area contributed by atoms with E-state index in [2.05, 4.69) is 25.5 Å². The molecule has 0 spiro atoms. The Labute approximate surface area is 205 Å². The maximum atomic E-state index is 14.8. The highest BCUT2D eigenvalue weighted by Gasteiger charge is 2.50. The van der Waals surface area contributed by atoms with Gasteiger partial charge in [-0.3, -0.25) is 9.58 Å². The SMILES string of the molecule is Cn1cc(-c2ccc3ncc(-c4cccc(NC5CN(C(=O)OC(C)(C)C)CC5(F)F)n4)n3n2)cn1. The number of rotatable bonds is 4. The van der Waals surface area contributed by atoms with Crippen molar-refractivity contribution >= 4 is 17.6 Å². The Morgan fingerprint density at radius 1 is 1.17 bits per heavy atom. The van der Waals surface area contributed by atoms with Crippen LogP contribution in [0.2, 0.25) is 0 Å². The third kappa shape index (κ3) is 4.70. The molecule has 12 heteroatoms. The zero-order chi connectivity index (χ0) is 25.7. The second-order valence-electron chi connectivity index (χ2n) is 9.76. The normalized spacial score (nSPS) is 17.5. The molecule has 1 N–H and O–H groups in total. The monoisotopic (exact) mass is 496 g/mol. The second-order valence-corrected chi connectivity index (χ2v) is 9.76. The van der Waals surface area contributed by atoms with Crippen LogP contribution in [0.3, 0.4) is 0 Å². The Hall–Kier alpha value is -4.09. The number of aryl methyl sites for hydroxylation is 1. The number of halogens is 2. The van der Waals surface area contributed by atoms with Crippen LogP contribution in [0, 0.1) is 0 Å². The number of carbonyl (C=O) groups is 1. The number of pyridine rings is 1. The molecule has 36 heavy (non-hydrogen) atoms. The lowest BCUT2D eigenvalue weighted by Gasteiger charge is -2.24. The number of imidazole rings is 1. The number of amides is 1. The minimum absolute atomic E-state index is 0.209. The summed E-state index contributed by atoms with van der Waals surface area (Å²) in [7, 11) is 1.83. The van der Waals surface area contributed by atoms with Gasteiger partial charge in [-0.15, -0.1) is 0 Å². The Morgan fingerprint density at radius 2 is 1.97 bits per heavy atom. The fourth-order valence-electron chi connectivity index (χ4n) is 3.99. The Morgan fingerprint density at radius 3 is 2.69 bits per heavy atom. The summed E-state index contributed by atoms with van der Waals surface area (Å²) < 4.78 is 38.1. The summed E-state index contributed by atoms with van der Waals surface area (Å²) >= 11 is 0. The van der Waals surface area contributed by atoms with Crippen molar-refractivity contribution in [2.75, 3.05) is 18.4 Å². The molecule has 1 saturated heterocycles. The molecular weight excluding hydrogens is 470 g/mol. The molecule has 0 aliphatic carbocycles. The van der Waals surface area contributed by atoms with Crippen LogP contribution < -0.4 is 5.32 Å². The molecule has 0 radical (unpaired) electrons. The van der Waals surface area contributed by atoms with Crippen LogP contribution in [-0.4, -0.2) is 71.0 Å². The van der Waals surface area contributed by atoms with Crippen molar-refractivity contribution in [2.45, 2.75) is 38.3 Å². The molecule has 4 aromatic heterocycles. The van der Waals surface area contributed by atoms with Crippen LogP contribution in [-0.2, 0) is 11.8 Å². The second kappa shape index (κ2) is 8.54. The standard InChI is InChI=1S/C24H26F2N8O2/c1-23(2,3)36-22(35)33-13-19(24(25,26)14-33)30-20-7-5-6-17(29-20)18-11-27-21-9-8-16(31-34(18)21)15-10-28-32(4)12-15/h5-12,19H,13-14H2,1-4H3,(H,29,30). The Kier molecular flexibility index (Phi) is 5.61. The van der Waals surface area contributed by atoms with Crippen LogP contribution in [0.1, 0.15) is 20.8 Å². The van der Waals surface area contributed by atoms with Gasteiger partial charge in [-0.25, -0.2) is 28.1 Å². The number of alkyl halides is 2. The van der Waals surface area contributed by atoms with E-state index >= 15 is 0 Å². The van der Waals surface area contributed by atoms with Crippen molar-refractivity contribution in [2.24, 2.45) is 7.05 Å². The van der Waals surface area contributed by atoms with Crippen molar-refractivity contribution in [3.8, 4) is 22.6 Å². The van der Waals surface area contributed by atoms with E-state index in [0.29, 0.717) is 22.7 Å². The highest BCUT2D eigenvalue weighted by atomic mass is 19.3. The van der Waals surface area contributed by atoms with E-state index in [4.69, 9.17) is 4.74 Å². The number of hydrogen-bond donors (Lipinski definition) is 1. The minimum atomic E-state index is -3.15. The molecule has 5 rings (SSSR count). The van der Waals surface area contributed by atoms with E-state index < -0.39 is 30.2 Å². The lowest BCUT2D eigenvalue weighted by atomic mass is 10.2. The molecule has 0 saturated carbocycles. The fraction of sp³-hybridized carbons (Fsp3) is 0.375. The van der Waals surface area contributed by atoms with Gasteiger partial charge in [0.15, 0.2) is 5.65 Å². The number of hydrogen-bond acceptors (Lipinski definition) is 7. The van der Waals surface area contributed by atoms with Gasteiger partial charge in [-0.1, -0.05) is 6.07 Å². The number of anilines is 1. The highest BCUT2D eigenvalue weighted by molar-refractivity contribution is 5.69. The van der Waals surface area contributed by atoms with Crippen LogP contribution >= 0.6 is 0 Å². The molecule has 1 amide bonds. The van der Waals surface area contributed by atoms with Gasteiger partial charge in [-0.2, -0.15) is 10.2 Å². The molecule has 1 fully saturated rings. The van der Waals surface area contributed by atoms with Crippen LogP contribution in [0.5, 0.6) is 0 Å². The van der Waals surface area contributed by atoms with Crippen molar-refractivity contribution < 1.29 is 18.3 Å². The number of carbonyl (C=O) groups excluding carboxylic acids is 1. The van der Waals surface area contributed by atoms with Gasteiger partial charge in [0.25, 0.3) is 5.92 Å². The summed E-state index contributed by atoms with van der Waals surface area (Å²) in [5.74, 6) is -2.90. The number of nitrogens with one attached hydrogen (secondary N) is 1. The van der Waals surface area contributed by atoms with E-state index in [-0.39, 0.29) is 12.4 Å². The van der Waals surface area contributed by atoms with Gasteiger partial charge in [0.2, 0.25) is 0 Å². The van der Waals surface area contributed by atoms with Crippen molar-refractivity contribution in [3.05, 3.63) is 48.9 Å². The average molecular weight is 497 g/mol. The van der Waals surface area contributed by atoms with E-state index in [9.17, 15) is 13.6 Å². The van der Waals surface area contributed by atoms with E-state index in [1.54, 1.807) is 60.6 Å². The predicted molar refractivity (Wildman–Crippen MR) is 129 cm³/mol. The summed E-state index contributed by atoms with van der Waals surface area (Å²) in [5.41, 5.74) is 2.51. The predicted octanol–water partition coefficient (Wildman–Crippen LogP) is 3.86. The third-order valence-corrected chi connectivity index (χ3v) is 5.66. The lowest BCUT2D eigenvalue weighted by molar-refractivity contribution is -0.00640. The van der Waals surface area contributed by atoms with Crippen molar-refractivity contribution in [3.63, 3.8) is 0 Å². The maximum Gasteiger partial charge on any atom is 0.410 e. The highest BCUT2D eigenvalue weighted by Crippen LogP contribution is 2.31. The molecular formula is C24H26F2N8O2. The zero-order valence-electron chi connectivity index (χ0n) is 20.3. The molecule has 1 aliphatic rings. The van der Waals surface area contributed by atoms with E-state index in [1.165, 1.54) is 0 Å². The molecule has 0 aromatic carbocycles. The van der Waals surface area contributed by atoms with Crippen molar-refractivity contribution in [1.29, 1.82) is 0 Å². The van der Waals surface area contributed by atoms with Gasteiger partial charge in [0, 0.05) is 18.8 Å². The molecule has 188 valence electrons. The molecule has 1 atom stereocenters. The molecule has 0 bridgehead atoms. The summed E-state index contributed by atoms with van der Waals surface area (Å²) in [6, 6.07) is 7.46. The lowest BCUT2D eigenvalue weighted by Crippen LogP contribution is -2.38. The molecule has 10 nitrogen and oxygen atoms in total. The van der Waals surface area contributed by atoms with Crippen LogP contribution in [0.25, 0.3) is 28.3 Å². The Bertz CT molecular complexity index is 1430. The zero-order valence-corrected chi connectivity index (χ0v) is 20.3. The van der Waals surface area contributed by atoms with Gasteiger partial charge < -0.3 is 10.1 Å². The quantitative estimate of drug-likeness (QED) is 0.458. The van der Waals surface area contributed by atoms with E-state index in [0.717, 1.165) is 10.5 Å². The summed E-state index contributed by atoms with van der Waals surface area (Å²) in [4.78, 5) is 22.3. The van der Waals surface area contributed by atoms with Gasteiger partial charge in [-0.05, 0) is 45.0 Å². The van der Waals surface area contributed by atoms with Gasteiger partial charge >= 0.3 is 6.09 Å². The summed E-state index contributed by atoms with van der Waals surface area (Å²) in [6.45, 7) is 4.14. The molecule has 5 heterocycles. The molecule has 1 aliphatic heterocycles. The van der Waals surface area contributed by atoms with Gasteiger partial charge in [0.05, 0.1) is 36.9 Å². The Balaban J connectivity index is 1.39. The minimum Gasteiger partial charge on any atom is -0.444 e. The first-order chi connectivity index (χ1) is 17.0. The van der Waals surface area contributed by atoms with Crippen LogP contribution in [0.4, 0.5) is 19.4 Å². The smallest absolute Gasteiger partial charge is 0.410 e. The summed E-state index contributed by atoms with van der Waals surface area (Å²) in [5, 5.41) is 11.7. The van der Waals surface area contributed by atoms with Gasteiger partial charge in [0.1, 0.15) is 23.2 Å². The third-order valence-electron chi connectivity index (χ3n) is 5.66. The molecule has 1 unspecified atom stereocenters. The largest absolute Gasteiger partial charge is 0.444 e. The maximum absolute atomic E-state index is 14.8.